The van der Waals surface area contributed by atoms with E-state index in [0.29, 0.717) is 5.95 Å². The number of rotatable bonds is 3. The summed E-state index contributed by atoms with van der Waals surface area (Å²) in [7, 11) is 0. The average molecular weight is 238 g/mol. The van der Waals surface area contributed by atoms with Crippen LogP contribution in [-0.2, 0) is 0 Å². The molecule has 0 saturated carbocycles. The summed E-state index contributed by atoms with van der Waals surface area (Å²) in [6, 6.07) is 14.2. The SMILES string of the molecule is C(=N/Nc1nn[nH]n1)/c1cccc2ccccc12. The highest BCUT2D eigenvalue weighted by atomic mass is 15.5. The Labute approximate surface area is 103 Å². The molecule has 6 nitrogen and oxygen atoms in total. The normalized spacial score (nSPS) is 11.1. The molecule has 0 aliphatic heterocycles. The van der Waals surface area contributed by atoms with Crippen LogP contribution in [0.4, 0.5) is 5.95 Å². The fourth-order valence-corrected chi connectivity index (χ4v) is 1.73. The van der Waals surface area contributed by atoms with Crippen LogP contribution in [0.25, 0.3) is 10.8 Å². The fraction of sp³-hybridized carbons (Fsp3) is 0. The zero-order chi connectivity index (χ0) is 12.2. The molecule has 0 aliphatic rings. The van der Waals surface area contributed by atoms with E-state index in [9.17, 15) is 0 Å². The van der Waals surface area contributed by atoms with Gasteiger partial charge in [0.25, 0.3) is 5.95 Å². The van der Waals surface area contributed by atoms with E-state index in [1.807, 2.05) is 24.3 Å². The average Bonchev–Trinajstić information content (AvgIpc) is 2.92. The first kappa shape index (κ1) is 10.4. The number of H-pyrrole nitrogens is 1. The number of hydrazone groups is 1. The van der Waals surface area contributed by atoms with Crippen molar-refractivity contribution in [2.75, 3.05) is 5.43 Å². The highest BCUT2D eigenvalue weighted by molar-refractivity contribution is 5.99. The van der Waals surface area contributed by atoms with Gasteiger partial charge in [-0.05, 0) is 16.0 Å². The maximum absolute atomic E-state index is 4.07. The number of hydrogen-bond acceptors (Lipinski definition) is 5. The van der Waals surface area contributed by atoms with Crippen molar-refractivity contribution in [3.63, 3.8) is 0 Å². The zero-order valence-electron chi connectivity index (χ0n) is 9.41. The summed E-state index contributed by atoms with van der Waals surface area (Å²) in [6.07, 6.45) is 1.73. The molecule has 0 atom stereocenters. The molecule has 0 saturated heterocycles. The summed E-state index contributed by atoms with van der Waals surface area (Å²) < 4.78 is 0. The van der Waals surface area contributed by atoms with Crippen molar-refractivity contribution in [3.05, 3.63) is 48.0 Å². The first-order valence-corrected chi connectivity index (χ1v) is 5.44. The molecule has 0 amide bonds. The molecule has 2 aromatic carbocycles. The molecule has 0 bridgehead atoms. The summed E-state index contributed by atoms with van der Waals surface area (Å²) in [5.41, 5.74) is 3.72. The lowest BCUT2D eigenvalue weighted by Gasteiger charge is -2.00. The second kappa shape index (κ2) is 4.62. The Morgan fingerprint density at radius 2 is 2.00 bits per heavy atom. The van der Waals surface area contributed by atoms with Gasteiger partial charge in [0, 0.05) is 5.56 Å². The third-order valence-corrected chi connectivity index (χ3v) is 2.54. The Morgan fingerprint density at radius 1 is 1.11 bits per heavy atom. The van der Waals surface area contributed by atoms with E-state index in [-0.39, 0.29) is 0 Å². The fourth-order valence-electron chi connectivity index (χ4n) is 1.73. The van der Waals surface area contributed by atoms with Crippen LogP contribution in [0.3, 0.4) is 0 Å². The predicted molar refractivity (Wildman–Crippen MR) is 69.3 cm³/mol. The minimum Gasteiger partial charge on any atom is -0.243 e. The Balaban J connectivity index is 1.88. The van der Waals surface area contributed by atoms with Gasteiger partial charge in [-0.25, -0.2) is 5.43 Å². The number of nitrogens with zero attached hydrogens (tertiary/aromatic N) is 4. The zero-order valence-corrected chi connectivity index (χ0v) is 9.41. The Morgan fingerprint density at radius 3 is 2.89 bits per heavy atom. The Hall–Kier alpha value is -2.76. The maximum atomic E-state index is 4.07. The number of aromatic amines is 1. The van der Waals surface area contributed by atoms with E-state index in [1.165, 1.54) is 5.39 Å². The lowest BCUT2D eigenvalue weighted by molar-refractivity contribution is 0.881. The summed E-state index contributed by atoms with van der Waals surface area (Å²) in [6.45, 7) is 0. The molecule has 1 heterocycles. The number of tetrazole rings is 1. The molecular formula is C12H10N6. The molecule has 3 aromatic rings. The quantitative estimate of drug-likeness (QED) is 0.538. The van der Waals surface area contributed by atoms with Crippen LogP contribution in [0, 0.1) is 0 Å². The molecule has 2 N–H and O–H groups in total. The van der Waals surface area contributed by atoms with Crippen LogP contribution in [-0.4, -0.2) is 26.8 Å². The molecule has 6 heteroatoms. The molecule has 88 valence electrons. The maximum Gasteiger partial charge on any atom is 0.283 e. The minimum absolute atomic E-state index is 0.339. The monoisotopic (exact) mass is 238 g/mol. The lowest BCUT2D eigenvalue weighted by atomic mass is 10.1. The van der Waals surface area contributed by atoms with Crippen molar-refractivity contribution in [1.82, 2.24) is 20.6 Å². The van der Waals surface area contributed by atoms with Gasteiger partial charge in [-0.3, -0.25) is 0 Å². The molecule has 0 radical (unpaired) electrons. The summed E-state index contributed by atoms with van der Waals surface area (Å²) in [4.78, 5) is 0. The van der Waals surface area contributed by atoms with Crippen LogP contribution in [0.15, 0.2) is 47.6 Å². The standard InChI is InChI=1S/C12H10N6/c1-2-7-11-9(4-1)5-3-6-10(11)8-13-14-12-15-17-18-16-12/h1-8H,(H2,14,15,16,17,18)/b13-8-. The van der Waals surface area contributed by atoms with Gasteiger partial charge in [0.05, 0.1) is 6.21 Å². The van der Waals surface area contributed by atoms with Gasteiger partial charge in [-0.15, -0.1) is 5.10 Å². The molecule has 1 aromatic heterocycles. The number of anilines is 1. The Kier molecular flexibility index (Phi) is 2.67. The highest BCUT2D eigenvalue weighted by Crippen LogP contribution is 2.16. The number of aromatic nitrogens is 4. The van der Waals surface area contributed by atoms with Crippen molar-refractivity contribution in [1.29, 1.82) is 0 Å². The van der Waals surface area contributed by atoms with Gasteiger partial charge >= 0.3 is 0 Å². The van der Waals surface area contributed by atoms with Gasteiger partial charge in [-0.2, -0.15) is 10.3 Å². The first-order chi connectivity index (χ1) is 8.93. The van der Waals surface area contributed by atoms with Gasteiger partial charge < -0.3 is 0 Å². The van der Waals surface area contributed by atoms with Gasteiger partial charge in [0.1, 0.15) is 0 Å². The highest BCUT2D eigenvalue weighted by Gasteiger charge is 1.97. The van der Waals surface area contributed by atoms with Gasteiger partial charge in [-0.1, -0.05) is 47.6 Å². The van der Waals surface area contributed by atoms with Crippen LogP contribution < -0.4 is 5.43 Å². The largest absolute Gasteiger partial charge is 0.283 e. The molecule has 0 fully saturated rings. The number of fused-ring (bicyclic) bond motifs is 1. The minimum atomic E-state index is 0.339. The van der Waals surface area contributed by atoms with Crippen LogP contribution in [0.1, 0.15) is 5.56 Å². The predicted octanol–water partition coefficient (Wildman–Crippen LogP) is 1.80. The van der Waals surface area contributed by atoms with Crippen molar-refractivity contribution < 1.29 is 0 Å². The number of hydrogen-bond donors (Lipinski definition) is 2. The van der Waals surface area contributed by atoms with Crippen LogP contribution >= 0.6 is 0 Å². The molecular weight excluding hydrogens is 228 g/mol. The van der Waals surface area contributed by atoms with Gasteiger partial charge in [0.2, 0.25) is 0 Å². The van der Waals surface area contributed by atoms with Crippen molar-refractivity contribution in [3.8, 4) is 0 Å². The smallest absolute Gasteiger partial charge is 0.243 e. The van der Waals surface area contributed by atoms with Crippen molar-refractivity contribution in [2.24, 2.45) is 5.10 Å². The molecule has 0 spiro atoms. The topological polar surface area (TPSA) is 78.9 Å². The Bertz CT molecular complexity index is 669. The van der Waals surface area contributed by atoms with E-state index in [2.05, 4.69) is 49.4 Å². The van der Waals surface area contributed by atoms with E-state index in [1.54, 1.807) is 6.21 Å². The van der Waals surface area contributed by atoms with E-state index < -0.39 is 0 Å². The second-order valence-corrected chi connectivity index (χ2v) is 3.67. The van der Waals surface area contributed by atoms with Crippen LogP contribution in [0.5, 0.6) is 0 Å². The number of benzene rings is 2. The summed E-state index contributed by atoms with van der Waals surface area (Å²) in [5, 5.41) is 19.6. The van der Waals surface area contributed by atoms with E-state index in [0.717, 1.165) is 10.9 Å². The van der Waals surface area contributed by atoms with E-state index in [4.69, 9.17) is 0 Å². The van der Waals surface area contributed by atoms with Crippen molar-refractivity contribution in [2.45, 2.75) is 0 Å². The molecule has 3 rings (SSSR count). The number of nitrogens with one attached hydrogen (secondary N) is 2. The third-order valence-electron chi connectivity index (χ3n) is 2.54. The molecule has 0 aliphatic carbocycles. The molecule has 18 heavy (non-hydrogen) atoms. The first-order valence-electron chi connectivity index (χ1n) is 5.44. The third kappa shape index (κ3) is 2.03. The molecule has 0 unspecified atom stereocenters. The second-order valence-electron chi connectivity index (χ2n) is 3.67. The summed E-state index contributed by atoms with van der Waals surface area (Å²) in [5.74, 6) is 0.339. The lowest BCUT2D eigenvalue weighted by Crippen LogP contribution is -1.93. The van der Waals surface area contributed by atoms with Gasteiger partial charge in [0.15, 0.2) is 0 Å². The van der Waals surface area contributed by atoms with Crippen molar-refractivity contribution >= 4 is 22.9 Å². The van der Waals surface area contributed by atoms with Crippen LogP contribution in [0.2, 0.25) is 0 Å². The van der Waals surface area contributed by atoms with E-state index >= 15 is 0 Å². The summed E-state index contributed by atoms with van der Waals surface area (Å²) >= 11 is 0.